The number of alkyl halides is 2. The Labute approximate surface area is 154 Å². The molecular weight excluding hydrogens is 366 g/mol. The van der Waals surface area contributed by atoms with E-state index in [9.17, 15) is 23.2 Å². The van der Waals surface area contributed by atoms with Gasteiger partial charge in [0.15, 0.2) is 11.8 Å². The van der Waals surface area contributed by atoms with Gasteiger partial charge < -0.3 is 25.4 Å². The first kappa shape index (κ1) is 20.5. The molecule has 0 spiro atoms. The highest BCUT2D eigenvalue weighted by molar-refractivity contribution is 6.09. The number of nitrogens with two attached hydrogens (primary N) is 1. The molecule has 11 heteroatoms. The van der Waals surface area contributed by atoms with Gasteiger partial charge in [-0.3, -0.25) is 19.3 Å². The van der Waals surface area contributed by atoms with Gasteiger partial charge in [0.2, 0.25) is 5.91 Å². The summed E-state index contributed by atoms with van der Waals surface area (Å²) in [5, 5.41) is 2.43. The van der Waals surface area contributed by atoms with E-state index < -0.39 is 30.4 Å². The normalized spacial score (nSPS) is 15.8. The molecule has 0 bridgehead atoms. The van der Waals surface area contributed by atoms with Crippen molar-refractivity contribution in [1.29, 1.82) is 0 Å². The molecule has 2 rings (SSSR count). The van der Waals surface area contributed by atoms with Crippen molar-refractivity contribution in [2.45, 2.75) is 12.7 Å². The Balaban J connectivity index is 2.30. The van der Waals surface area contributed by atoms with Crippen LogP contribution in [0.25, 0.3) is 0 Å². The minimum atomic E-state index is -3.13. The number of amides is 3. The second-order valence-electron chi connectivity index (χ2n) is 5.92. The fourth-order valence-electron chi connectivity index (χ4n) is 2.61. The van der Waals surface area contributed by atoms with Gasteiger partial charge in [-0.2, -0.15) is 8.78 Å². The second-order valence-corrected chi connectivity index (χ2v) is 5.92. The Kier molecular flexibility index (Phi) is 6.64. The first-order valence-electron chi connectivity index (χ1n) is 7.94. The van der Waals surface area contributed by atoms with E-state index in [1.807, 2.05) is 0 Å². The van der Waals surface area contributed by atoms with Crippen molar-refractivity contribution < 1.29 is 32.6 Å². The summed E-state index contributed by atoms with van der Waals surface area (Å²) in [6.45, 7) is -2.88. The van der Waals surface area contributed by atoms with Gasteiger partial charge in [0, 0.05) is 18.3 Å². The zero-order valence-corrected chi connectivity index (χ0v) is 14.8. The molecule has 1 aromatic carbocycles. The second kappa shape index (κ2) is 8.73. The Bertz CT molecular complexity index is 729. The van der Waals surface area contributed by atoms with Gasteiger partial charge in [-0.05, 0) is 26.2 Å². The van der Waals surface area contributed by atoms with Gasteiger partial charge in [0.25, 0.3) is 11.8 Å². The number of hydrogen-bond donors (Lipinski definition) is 2. The lowest BCUT2D eigenvalue weighted by atomic mass is 10.2. The van der Waals surface area contributed by atoms with Crippen LogP contribution in [0.15, 0.2) is 18.2 Å². The van der Waals surface area contributed by atoms with Crippen molar-refractivity contribution in [3.05, 3.63) is 18.2 Å². The van der Waals surface area contributed by atoms with E-state index >= 15 is 0 Å². The lowest BCUT2D eigenvalue weighted by Crippen LogP contribution is -2.48. The predicted octanol–water partition coefficient (Wildman–Crippen LogP) is 0.00520. The van der Waals surface area contributed by atoms with Gasteiger partial charge >= 0.3 is 6.61 Å². The molecule has 0 aromatic heterocycles. The fraction of sp³-hybridized carbons (Fsp3) is 0.438. The van der Waals surface area contributed by atoms with E-state index in [0.29, 0.717) is 0 Å². The van der Waals surface area contributed by atoms with Crippen LogP contribution in [0.4, 0.5) is 20.2 Å². The molecule has 1 aromatic rings. The van der Waals surface area contributed by atoms with Gasteiger partial charge in [-0.15, -0.1) is 0 Å². The SMILES string of the molecule is CN(C)[C@H](C(N)=O)C(=O)Nc1ccc(N2CCOCC2=O)c(OC(F)F)c1. The Hall–Kier alpha value is -2.79. The van der Waals surface area contributed by atoms with Crippen LogP contribution in [0.1, 0.15) is 0 Å². The maximum Gasteiger partial charge on any atom is 0.387 e. The number of nitrogens with one attached hydrogen (secondary N) is 1. The van der Waals surface area contributed by atoms with Gasteiger partial charge in [-0.1, -0.05) is 0 Å². The number of carbonyl (C=O) groups excluding carboxylic acids is 3. The van der Waals surface area contributed by atoms with Gasteiger partial charge in [-0.25, -0.2) is 0 Å². The average molecular weight is 386 g/mol. The number of halogens is 2. The minimum Gasteiger partial charge on any atom is -0.433 e. The number of ether oxygens (including phenoxy) is 2. The lowest BCUT2D eigenvalue weighted by molar-refractivity contribution is -0.131. The zero-order chi connectivity index (χ0) is 20.1. The molecule has 0 unspecified atom stereocenters. The van der Waals surface area contributed by atoms with Crippen LogP contribution >= 0.6 is 0 Å². The summed E-state index contributed by atoms with van der Waals surface area (Å²) >= 11 is 0. The highest BCUT2D eigenvalue weighted by atomic mass is 19.3. The van der Waals surface area contributed by atoms with Crippen molar-refractivity contribution in [1.82, 2.24) is 4.90 Å². The minimum absolute atomic E-state index is 0.105. The molecule has 1 heterocycles. The molecule has 1 fully saturated rings. The number of anilines is 2. The summed E-state index contributed by atoms with van der Waals surface area (Å²) in [7, 11) is 2.99. The standard InChI is InChI=1S/C16H20F2N4O5/c1-21(2)13(14(19)24)15(25)20-9-3-4-10(11(7-9)27-16(17)18)22-5-6-26-8-12(22)23/h3-4,7,13,16H,5-6,8H2,1-2H3,(H2,19,24)(H,20,25)/t13-/m1/s1. The van der Waals surface area contributed by atoms with E-state index in [1.54, 1.807) is 0 Å². The van der Waals surface area contributed by atoms with Crippen LogP contribution < -0.4 is 20.7 Å². The summed E-state index contributed by atoms with van der Waals surface area (Å²) < 4.78 is 35.1. The van der Waals surface area contributed by atoms with Gasteiger partial charge in [0.05, 0.1) is 12.3 Å². The summed E-state index contributed by atoms with van der Waals surface area (Å²) in [4.78, 5) is 38.2. The number of rotatable bonds is 7. The molecule has 3 amide bonds. The van der Waals surface area contributed by atoms with Crippen LogP contribution in [0, 0.1) is 0 Å². The van der Waals surface area contributed by atoms with E-state index in [0.717, 1.165) is 6.07 Å². The molecule has 1 aliphatic rings. The lowest BCUT2D eigenvalue weighted by Gasteiger charge is -2.28. The number of morpholine rings is 1. The molecular formula is C16H20F2N4O5. The van der Waals surface area contributed by atoms with Gasteiger partial charge in [0.1, 0.15) is 6.61 Å². The third-order valence-electron chi connectivity index (χ3n) is 3.75. The van der Waals surface area contributed by atoms with Crippen molar-refractivity contribution >= 4 is 29.1 Å². The molecule has 1 saturated heterocycles. The highest BCUT2D eigenvalue weighted by Crippen LogP contribution is 2.33. The number of likely N-dealkylation sites (N-methyl/N-ethyl adjacent to an activating group) is 1. The smallest absolute Gasteiger partial charge is 0.387 e. The summed E-state index contributed by atoms with van der Waals surface area (Å²) in [5.41, 5.74) is 5.43. The van der Waals surface area contributed by atoms with E-state index in [1.165, 1.54) is 36.0 Å². The highest BCUT2D eigenvalue weighted by Gasteiger charge is 2.28. The monoisotopic (exact) mass is 386 g/mol. The predicted molar refractivity (Wildman–Crippen MR) is 91.5 cm³/mol. The topological polar surface area (TPSA) is 114 Å². The van der Waals surface area contributed by atoms with Crippen molar-refractivity contribution in [3.8, 4) is 5.75 Å². The molecule has 3 N–H and O–H groups in total. The number of hydrogen-bond acceptors (Lipinski definition) is 6. The molecule has 0 radical (unpaired) electrons. The molecule has 0 saturated carbocycles. The van der Waals surface area contributed by atoms with E-state index in [-0.39, 0.29) is 36.9 Å². The maximum atomic E-state index is 12.8. The third-order valence-corrected chi connectivity index (χ3v) is 3.75. The van der Waals surface area contributed by atoms with Crippen LogP contribution in [0.3, 0.4) is 0 Å². The van der Waals surface area contributed by atoms with Crippen LogP contribution in [-0.4, -0.2) is 69.1 Å². The third kappa shape index (κ3) is 5.11. The largest absolute Gasteiger partial charge is 0.433 e. The van der Waals surface area contributed by atoms with Crippen LogP contribution in [0.2, 0.25) is 0 Å². The number of benzene rings is 1. The quantitative estimate of drug-likeness (QED) is 0.638. The first-order chi connectivity index (χ1) is 12.7. The zero-order valence-electron chi connectivity index (χ0n) is 14.8. The molecule has 1 aliphatic heterocycles. The summed E-state index contributed by atoms with van der Waals surface area (Å²) in [5.74, 6) is -2.29. The van der Waals surface area contributed by atoms with Crippen molar-refractivity contribution in [2.75, 3.05) is 44.1 Å². The first-order valence-corrected chi connectivity index (χ1v) is 7.94. The Morgan fingerprint density at radius 3 is 2.63 bits per heavy atom. The maximum absolute atomic E-state index is 12.8. The van der Waals surface area contributed by atoms with Crippen LogP contribution in [0.5, 0.6) is 5.75 Å². The van der Waals surface area contributed by atoms with E-state index in [2.05, 4.69) is 10.1 Å². The molecule has 148 valence electrons. The van der Waals surface area contributed by atoms with Crippen molar-refractivity contribution in [3.63, 3.8) is 0 Å². The number of carbonyl (C=O) groups is 3. The fourth-order valence-corrected chi connectivity index (χ4v) is 2.61. The van der Waals surface area contributed by atoms with Crippen LogP contribution in [-0.2, 0) is 19.1 Å². The Morgan fingerprint density at radius 1 is 1.37 bits per heavy atom. The van der Waals surface area contributed by atoms with E-state index in [4.69, 9.17) is 10.5 Å². The summed E-state index contributed by atoms with van der Waals surface area (Å²) in [6.07, 6.45) is 0. The molecule has 9 nitrogen and oxygen atoms in total. The molecule has 27 heavy (non-hydrogen) atoms. The molecule has 1 atom stereocenters. The molecule has 0 aliphatic carbocycles. The Morgan fingerprint density at radius 2 is 2.07 bits per heavy atom. The number of primary amides is 1. The average Bonchev–Trinajstić information content (AvgIpc) is 2.54. The van der Waals surface area contributed by atoms with Crippen molar-refractivity contribution in [2.24, 2.45) is 5.73 Å². The summed E-state index contributed by atoms with van der Waals surface area (Å²) in [6, 6.07) is 2.67. The number of nitrogens with zero attached hydrogens (tertiary/aromatic N) is 2.